The van der Waals surface area contributed by atoms with Gasteiger partial charge in [-0.1, -0.05) is 6.07 Å². The van der Waals surface area contributed by atoms with Crippen LogP contribution < -0.4 is 5.32 Å². The molecule has 2 amide bonds. The third-order valence-electron chi connectivity index (χ3n) is 4.78. The van der Waals surface area contributed by atoms with Crippen molar-refractivity contribution in [3.05, 3.63) is 65.0 Å². The highest BCUT2D eigenvalue weighted by molar-refractivity contribution is 5.89. The molecule has 1 aromatic heterocycles. The van der Waals surface area contributed by atoms with Crippen LogP contribution in [0.15, 0.2) is 42.6 Å². The van der Waals surface area contributed by atoms with E-state index < -0.39 is 47.8 Å². The second-order valence-electron chi connectivity index (χ2n) is 7.13. The molecule has 1 aromatic carbocycles. The third-order valence-corrected chi connectivity index (χ3v) is 4.78. The monoisotopic (exact) mass is 445 g/mol. The first-order chi connectivity index (χ1) is 14.4. The Morgan fingerprint density at radius 2 is 1.71 bits per heavy atom. The number of rotatable bonds is 5. The number of carbonyl (C=O) groups excluding carboxylic acids is 2. The van der Waals surface area contributed by atoms with E-state index in [1.54, 1.807) is 24.4 Å². The summed E-state index contributed by atoms with van der Waals surface area (Å²) in [6, 6.07) is 6.33. The molecule has 1 aliphatic rings. The first kappa shape index (κ1) is 22.6. The Balaban J connectivity index is 1.70. The molecular formula is C20H17F6N3O2. The van der Waals surface area contributed by atoms with Crippen molar-refractivity contribution in [1.82, 2.24) is 15.2 Å². The standard InChI is InChI=1S/C20H17F6N3O2/c21-19(22,23)14-5-12(6-15(8-14)20(24,25)26)10-29-11-13(7-17(29)30)18(31)28-9-16-3-1-2-4-27-16/h1-6,8,13H,7,9-11H2,(H,28,31)/t13-/m0/s1. The van der Waals surface area contributed by atoms with Crippen LogP contribution in [-0.4, -0.2) is 28.2 Å². The number of nitrogens with zero attached hydrogens (tertiary/aromatic N) is 2. The van der Waals surface area contributed by atoms with E-state index in [1.807, 2.05) is 0 Å². The summed E-state index contributed by atoms with van der Waals surface area (Å²) in [6.07, 6.45) is -8.58. The topological polar surface area (TPSA) is 62.3 Å². The lowest BCUT2D eigenvalue weighted by Gasteiger charge is -2.19. The third kappa shape index (κ3) is 5.74. The number of halogens is 6. The number of benzene rings is 1. The summed E-state index contributed by atoms with van der Waals surface area (Å²) in [6.45, 7) is -0.437. The molecule has 0 saturated carbocycles. The van der Waals surface area contributed by atoms with Crippen molar-refractivity contribution in [2.24, 2.45) is 5.92 Å². The van der Waals surface area contributed by atoms with Gasteiger partial charge in [-0.15, -0.1) is 0 Å². The Hall–Kier alpha value is -3.11. The minimum Gasteiger partial charge on any atom is -0.350 e. The predicted molar refractivity (Wildman–Crippen MR) is 96.1 cm³/mol. The molecular weight excluding hydrogens is 428 g/mol. The summed E-state index contributed by atoms with van der Waals surface area (Å²) >= 11 is 0. The molecule has 0 unspecified atom stereocenters. The highest BCUT2D eigenvalue weighted by Gasteiger charge is 2.38. The van der Waals surface area contributed by atoms with Crippen LogP contribution in [-0.2, 0) is 35.0 Å². The fourth-order valence-electron chi connectivity index (χ4n) is 3.26. The van der Waals surface area contributed by atoms with Crippen LogP contribution in [0.3, 0.4) is 0 Å². The average Bonchev–Trinajstić information content (AvgIpc) is 3.06. The maximum atomic E-state index is 13.0. The minimum atomic E-state index is -4.97. The molecule has 1 atom stereocenters. The Kier molecular flexibility index (Phi) is 6.23. The number of carbonyl (C=O) groups is 2. The molecule has 166 valence electrons. The summed E-state index contributed by atoms with van der Waals surface area (Å²) in [7, 11) is 0. The van der Waals surface area contributed by atoms with E-state index in [0.717, 1.165) is 4.90 Å². The lowest BCUT2D eigenvalue weighted by Crippen LogP contribution is -2.32. The van der Waals surface area contributed by atoms with E-state index in [4.69, 9.17) is 0 Å². The molecule has 1 fully saturated rings. The summed E-state index contributed by atoms with van der Waals surface area (Å²) in [4.78, 5) is 29.7. The molecule has 2 aromatic rings. The zero-order chi connectivity index (χ0) is 22.8. The molecule has 3 rings (SSSR count). The minimum absolute atomic E-state index is 0.0309. The van der Waals surface area contributed by atoms with Crippen molar-refractivity contribution >= 4 is 11.8 Å². The van der Waals surface area contributed by atoms with Gasteiger partial charge < -0.3 is 10.2 Å². The van der Waals surface area contributed by atoms with Gasteiger partial charge in [0.05, 0.1) is 29.3 Å². The summed E-state index contributed by atoms with van der Waals surface area (Å²) < 4.78 is 78.1. The number of hydrogen-bond acceptors (Lipinski definition) is 3. The summed E-state index contributed by atoms with van der Waals surface area (Å²) in [5.41, 5.74) is -2.62. The Morgan fingerprint density at radius 1 is 1.06 bits per heavy atom. The summed E-state index contributed by atoms with van der Waals surface area (Å²) in [5.74, 6) is -1.73. The van der Waals surface area contributed by atoms with Gasteiger partial charge in [0.2, 0.25) is 11.8 Å². The molecule has 0 radical (unpaired) electrons. The van der Waals surface area contributed by atoms with Gasteiger partial charge in [-0.05, 0) is 35.9 Å². The number of alkyl halides is 6. The van der Waals surface area contributed by atoms with E-state index in [1.165, 1.54) is 0 Å². The van der Waals surface area contributed by atoms with Gasteiger partial charge in [-0.25, -0.2) is 0 Å². The van der Waals surface area contributed by atoms with Gasteiger partial charge in [-0.3, -0.25) is 14.6 Å². The average molecular weight is 445 g/mol. The number of pyridine rings is 1. The molecule has 1 aliphatic heterocycles. The van der Waals surface area contributed by atoms with Crippen molar-refractivity contribution in [2.75, 3.05) is 6.54 Å². The van der Waals surface area contributed by atoms with Crippen molar-refractivity contribution < 1.29 is 35.9 Å². The molecule has 5 nitrogen and oxygen atoms in total. The maximum Gasteiger partial charge on any atom is 0.416 e. The number of likely N-dealkylation sites (tertiary alicyclic amines) is 1. The predicted octanol–water partition coefficient (Wildman–Crippen LogP) is 3.78. The van der Waals surface area contributed by atoms with Crippen molar-refractivity contribution in [3.63, 3.8) is 0 Å². The van der Waals surface area contributed by atoms with Gasteiger partial charge in [-0.2, -0.15) is 26.3 Å². The van der Waals surface area contributed by atoms with E-state index in [-0.39, 0.29) is 31.1 Å². The summed E-state index contributed by atoms with van der Waals surface area (Å²) in [5, 5.41) is 2.63. The van der Waals surface area contributed by atoms with Crippen molar-refractivity contribution in [1.29, 1.82) is 0 Å². The van der Waals surface area contributed by atoms with Gasteiger partial charge in [0.1, 0.15) is 0 Å². The van der Waals surface area contributed by atoms with Crippen LogP contribution >= 0.6 is 0 Å². The van der Waals surface area contributed by atoms with E-state index >= 15 is 0 Å². The first-order valence-electron chi connectivity index (χ1n) is 9.17. The molecule has 1 N–H and O–H groups in total. The smallest absolute Gasteiger partial charge is 0.350 e. The quantitative estimate of drug-likeness (QED) is 0.713. The Morgan fingerprint density at radius 3 is 2.26 bits per heavy atom. The van der Waals surface area contributed by atoms with Crippen LogP contribution in [0.25, 0.3) is 0 Å². The molecule has 1 saturated heterocycles. The molecule has 11 heteroatoms. The van der Waals surface area contributed by atoms with E-state index in [2.05, 4.69) is 10.3 Å². The van der Waals surface area contributed by atoms with Crippen LogP contribution in [0, 0.1) is 5.92 Å². The van der Waals surface area contributed by atoms with Gasteiger partial charge in [0.15, 0.2) is 0 Å². The van der Waals surface area contributed by atoms with Crippen LogP contribution in [0.4, 0.5) is 26.3 Å². The lowest BCUT2D eigenvalue weighted by molar-refractivity contribution is -0.143. The van der Waals surface area contributed by atoms with Crippen molar-refractivity contribution in [2.45, 2.75) is 31.9 Å². The fourth-order valence-corrected chi connectivity index (χ4v) is 3.26. The van der Waals surface area contributed by atoms with Crippen molar-refractivity contribution in [3.8, 4) is 0 Å². The number of nitrogens with one attached hydrogen (secondary N) is 1. The lowest BCUT2D eigenvalue weighted by atomic mass is 10.0. The maximum absolute atomic E-state index is 13.0. The highest BCUT2D eigenvalue weighted by atomic mass is 19.4. The second kappa shape index (κ2) is 8.56. The SMILES string of the molecule is O=C(NCc1ccccn1)[C@H]1CC(=O)N(Cc2cc(C(F)(F)F)cc(C(F)(F)F)c2)C1. The number of aromatic nitrogens is 1. The molecule has 31 heavy (non-hydrogen) atoms. The Labute approximate surface area is 173 Å². The zero-order valence-corrected chi connectivity index (χ0v) is 15.9. The highest BCUT2D eigenvalue weighted by Crippen LogP contribution is 2.36. The van der Waals surface area contributed by atoms with Gasteiger partial charge in [0, 0.05) is 25.7 Å². The molecule has 2 heterocycles. The second-order valence-corrected chi connectivity index (χ2v) is 7.13. The number of amides is 2. The molecule has 0 spiro atoms. The first-order valence-corrected chi connectivity index (χ1v) is 9.17. The van der Waals surface area contributed by atoms with E-state index in [9.17, 15) is 35.9 Å². The van der Waals surface area contributed by atoms with Crippen LogP contribution in [0.5, 0.6) is 0 Å². The van der Waals surface area contributed by atoms with E-state index in [0.29, 0.717) is 17.8 Å². The largest absolute Gasteiger partial charge is 0.416 e. The number of hydrogen-bond donors (Lipinski definition) is 1. The Bertz CT molecular complexity index is 927. The normalized spacial score (nSPS) is 17.2. The van der Waals surface area contributed by atoms with Crippen LogP contribution in [0.1, 0.15) is 28.8 Å². The molecule has 0 bridgehead atoms. The van der Waals surface area contributed by atoms with Gasteiger partial charge >= 0.3 is 12.4 Å². The molecule has 0 aliphatic carbocycles. The van der Waals surface area contributed by atoms with Gasteiger partial charge in [0.25, 0.3) is 0 Å². The zero-order valence-electron chi connectivity index (χ0n) is 15.9. The van der Waals surface area contributed by atoms with Crippen LogP contribution in [0.2, 0.25) is 0 Å². The fraction of sp³-hybridized carbons (Fsp3) is 0.350.